The number of imidazole rings is 1. The highest BCUT2D eigenvalue weighted by molar-refractivity contribution is 5.74. The predicted octanol–water partition coefficient (Wildman–Crippen LogP) is 5.04. The molecule has 6 atom stereocenters. The Morgan fingerprint density at radius 2 is 2.11 bits per heavy atom. The molecule has 1 saturated heterocycles. The second-order valence-electron chi connectivity index (χ2n) is 12.2. The summed E-state index contributed by atoms with van der Waals surface area (Å²) in [5.74, 6) is 1.18. The van der Waals surface area contributed by atoms with Crippen LogP contribution in [-0.2, 0) is 4.74 Å². The first-order chi connectivity index (χ1) is 18.5. The lowest BCUT2D eigenvalue weighted by Crippen LogP contribution is -2.54. The fourth-order valence-corrected chi connectivity index (χ4v) is 8.04. The maximum atomic E-state index is 15.0. The molecule has 38 heavy (non-hydrogen) atoms. The summed E-state index contributed by atoms with van der Waals surface area (Å²) in [5, 5.41) is 18.2. The zero-order chi connectivity index (χ0) is 26.3. The highest BCUT2D eigenvalue weighted by Gasteiger charge is 2.49. The lowest BCUT2D eigenvalue weighted by atomic mass is 9.56. The van der Waals surface area contributed by atoms with E-state index in [4.69, 9.17) is 4.74 Å². The summed E-state index contributed by atoms with van der Waals surface area (Å²) in [6.45, 7) is 4.44. The molecule has 6 rings (SSSR count). The number of carbonyl (C=O) groups excluding carboxylic acids is 1. The zero-order valence-corrected chi connectivity index (χ0v) is 22.4. The highest BCUT2D eigenvalue weighted by atomic mass is 19.1. The van der Waals surface area contributed by atoms with Crippen LogP contribution in [0.2, 0.25) is 0 Å². The Hall–Kier alpha value is -2.45. The Bertz CT molecular complexity index is 1150. The number of nitrogens with zero attached hydrogens (tertiary/aromatic N) is 2. The van der Waals surface area contributed by atoms with E-state index < -0.39 is 6.10 Å². The van der Waals surface area contributed by atoms with E-state index in [-0.39, 0.29) is 29.3 Å². The summed E-state index contributed by atoms with van der Waals surface area (Å²) in [4.78, 5) is 17.1. The number of benzene rings is 1. The highest BCUT2D eigenvalue weighted by Crippen LogP contribution is 2.54. The zero-order valence-electron chi connectivity index (χ0n) is 22.4. The van der Waals surface area contributed by atoms with Gasteiger partial charge in [0.05, 0.1) is 30.4 Å². The molecule has 2 saturated carbocycles. The van der Waals surface area contributed by atoms with E-state index in [9.17, 15) is 9.90 Å². The van der Waals surface area contributed by atoms with Crippen LogP contribution in [0, 0.1) is 29.0 Å². The molecule has 1 aromatic heterocycles. The van der Waals surface area contributed by atoms with Crippen molar-refractivity contribution in [3.05, 3.63) is 42.1 Å². The quantitative estimate of drug-likeness (QED) is 0.473. The van der Waals surface area contributed by atoms with Crippen molar-refractivity contribution in [1.29, 1.82) is 0 Å². The summed E-state index contributed by atoms with van der Waals surface area (Å²) in [6.07, 6.45) is 11.4. The molecule has 2 amide bonds. The van der Waals surface area contributed by atoms with Crippen molar-refractivity contribution in [2.24, 2.45) is 23.2 Å². The van der Waals surface area contributed by atoms with Crippen LogP contribution >= 0.6 is 0 Å². The number of halogens is 1. The van der Waals surface area contributed by atoms with Gasteiger partial charge in [-0.05, 0) is 87.0 Å². The lowest BCUT2D eigenvalue weighted by Gasteiger charge is -2.52. The van der Waals surface area contributed by atoms with Crippen molar-refractivity contribution in [2.45, 2.75) is 82.9 Å². The standard InChI is InChI=1S/C30H41FN4O3/c1-2-30(27(36)13-25-28-22(4-3-5-23(28)31)26-17-32-18-35(25)26)14-20-6-7-24(21(12-20)15-30)34-29(37)33-16-19-8-10-38-11-9-19/h3-5,17-21,24-25,27,36H,2,6-16H2,1H3,(H2,33,34,37). The van der Waals surface area contributed by atoms with Gasteiger partial charge < -0.3 is 25.0 Å². The van der Waals surface area contributed by atoms with Gasteiger partial charge >= 0.3 is 6.03 Å². The van der Waals surface area contributed by atoms with Gasteiger partial charge in [0.2, 0.25) is 0 Å². The third kappa shape index (κ3) is 4.75. The van der Waals surface area contributed by atoms with Gasteiger partial charge in [-0.2, -0.15) is 0 Å². The molecule has 2 aromatic rings. The number of amides is 2. The predicted molar refractivity (Wildman–Crippen MR) is 143 cm³/mol. The SMILES string of the molecule is CCC1(C(O)CC2c3c(F)cccc3-c3cncn32)CC2CCC(NC(=O)NCC3CCOCC3)C(C2)C1. The minimum absolute atomic E-state index is 0.0705. The number of rotatable bonds is 7. The number of hydrogen-bond acceptors (Lipinski definition) is 4. The molecule has 6 unspecified atom stereocenters. The number of aromatic nitrogens is 2. The van der Waals surface area contributed by atoms with Gasteiger partial charge in [0.1, 0.15) is 5.82 Å². The average Bonchev–Trinajstić information content (AvgIpc) is 3.52. The fraction of sp³-hybridized carbons (Fsp3) is 0.667. The van der Waals surface area contributed by atoms with E-state index in [0.29, 0.717) is 36.3 Å². The topological polar surface area (TPSA) is 88.4 Å². The third-order valence-corrected chi connectivity index (χ3v) is 10.2. The van der Waals surface area contributed by atoms with E-state index in [0.717, 1.165) is 75.8 Å². The average molecular weight is 525 g/mol. The molecule has 2 aliphatic carbocycles. The maximum absolute atomic E-state index is 15.0. The number of hydrogen-bond donors (Lipinski definition) is 3. The molecule has 2 bridgehead atoms. The van der Waals surface area contributed by atoms with Crippen LogP contribution in [-0.4, -0.2) is 52.6 Å². The number of nitrogens with one attached hydrogen (secondary N) is 2. The van der Waals surface area contributed by atoms with Crippen LogP contribution < -0.4 is 10.6 Å². The number of aliphatic hydroxyl groups excluding tert-OH is 1. The molecular formula is C30H41FN4O3. The smallest absolute Gasteiger partial charge is 0.315 e. The number of urea groups is 1. The van der Waals surface area contributed by atoms with E-state index in [2.05, 4.69) is 22.5 Å². The van der Waals surface area contributed by atoms with Gasteiger partial charge in [-0.15, -0.1) is 0 Å². The molecular weight excluding hydrogens is 483 g/mol. The Kier molecular flexibility index (Phi) is 7.20. The molecule has 4 aliphatic rings. The molecule has 7 nitrogen and oxygen atoms in total. The summed E-state index contributed by atoms with van der Waals surface area (Å²) in [5.41, 5.74) is 2.23. The van der Waals surface area contributed by atoms with E-state index in [1.807, 2.05) is 10.6 Å². The van der Waals surface area contributed by atoms with Gasteiger partial charge in [-0.3, -0.25) is 0 Å². The summed E-state index contributed by atoms with van der Waals surface area (Å²) in [6, 6.07) is 5.01. The first kappa shape index (κ1) is 25.8. The number of carbonyl (C=O) groups is 1. The Morgan fingerprint density at radius 1 is 1.26 bits per heavy atom. The second-order valence-corrected chi connectivity index (χ2v) is 12.2. The Morgan fingerprint density at radius 3 is 2.92 bits per heavy atom. The molecule has 206 valence electrons. The third-order valence-electron chi connectivity index (χ3n) is 10.2. The van der Waals surface area contributed by atoms with Gasteiger partial charge in [0, 0.05) is 36.9 Å². The Labute approximate surface area is 224 Å². The van der Waals surface area contributed by atoms with Crippen LogP contribution in [0.15, 0.2) is 30.7 Å². The van der Waals surface area contributed by atoms with Crippen LogP contribution in [0.5, 0.6) is 0 Å². The van der Waals surface area contributed by atoms with E-state index >= 15 is 4.39 Å². The van der Waals surface area contributed by atoms with Gasteiger partial charge in [0.25, 0.3) is 0 Å². The molecule has 1 aromatic carbocycles. The first-order valence-electron chi connectivity index (χ1n) is 14.6. The molecule has 0 spiro atoms. The molecule has 3 N–H and O–H groups in total. The maximum Gasteiger partial charge on any atom is 0.315 e. The van der Waals surface area contributed by atoms with Crippen LogP contribution in [0.4, 0.5) is 9.18 Å². The molecule has 2 aliphatic heterocycles. The van der Waals surface area contributed by atoms with Crippen molar-refractivity contribution < 1.29 is 19.0 Å². The fourth-order valence-electron chi connectivity index (χ4n) is 8.04. The monoisotopic (exact) mass is 524 g/mol. The molecule has 8 heteroatoms. The Balaban J connectivity index is 1.14. The molecule has 0 radical (unpaired) electrons. The molecule has 3 fully saturated rings. The van der Waals surface area contributed by atoms with Crippen molar-refractivity contribution in [1.82, 2.24) is 20.2 Å². The summed E-state index contributed by atoms with van der Waals surface area (Å²) >= 11 is 0. The minimum atomic E-state index is -0.565. The van der Waals surface area contributed by atoms with E-state index in [1.165, 1.54) is 6.07 Å². The van der Waals surface area contributed by atoms with Crippen LogP contribution in [0.1, 0.15) is 76.3 Å². The van der Waals surface area contributed by atoms with Crippen molar-refractivity contribution in [2.75, 3.05) is 19.8 Å². The van der Waals surface area contributed by atoms with Gasteiger partial charge in [-0.1, -0.05) is 19.1 Å². The summed E-state index contributed by atoms with van der Waals surface area (Å²) < 4.78 is 22.5. The molecule has 3 heterocycles. The van der Waals surface area contributed by atoms with Crippen molar-refractivity contribution in [3.63, 3.8) is 0 Å². The van der Waals surface area contributed by atoms with Gasteiger partial charge in [-0.25, -0.2) is 14.2 Å². The first-order valence-corrected chi connectivity index (χ1v) is 14.6. The number of ether oxygens (including phenoxy) is 1. The van der Waals surface area contributed by atoms with Crippen LogP contribution in [0.25, 0.3) is 11.3 Å². The number of aliphatic hydroxyl groups is 1. The number of fused-ring (bicyclic) bond motifs is 5. The minimum Gasteiger partial charge on any atom is -0.392 e. The largest absolute Gasteiger partial charge is 0.392 e. The normalized spacial score (nSPS) is 31.3. The van der Waals surface area contributed by atoms with Crippen molar-refractivity contribution >= 4 is 6.03 Å². The van der Waals surface area contributed by atoms with Crippen molar-refractivity contribution in [3.8, 4) is 11.3 Å². The van der Waals surface area contributed by atoms with Crippen LogP contribution in [0.3, 0.4) is 0 Å². The van der Waals surface area contributed by atoms with Gasteiger partial charge in [0.15, 0.2) is 0 Å². The van der Waals surface area contributed by atoms with E-state index in [1.54, 1.807) is 18.6 Å². The second kappa shape index (κ2) is 10.6. The lowest BCUT2D eigenvalue weighted by molar-refractivity contribution is -0.0664. The summed E-state index contributed by atoms with van der Waals surface area (Å²) in [7, 11) is 0.